The molecule has 5 heteroatoms. The summed E-state index contributed by atoms with van der Waals surface area (Å²) < 4.78 is 5.26. The summed E-state index contributed by atoms with van der Waals surface area (Å²) in [6.45, 7) is 2.10. The number of aryl methyl sites for hydroxylation is 1. The number of hydrogen-bond acceptors (Lipinski definition) is 3. The minimum atomic E-state index is -0.112. The summed E-state index contributed by atoms with van der Waals surface area (Å²) >= 11 is 5.98. The van der Waals surface area contributed by atoms with E-state index in [-0.39, 0.29) is 18.9 Å². The maximum atomic E-state index is 11.7. The third kappa shape index (κ3) is 3.34. The highest BCUT2D eigenvalue weighted by molar-refractivity contribution is 6.31. The van der Waals surface area contributed by atoms with Gasteiger partial charge in [0.25, 0.3) is 0 Å². The van der Waals surface area contributed by atoms with Crippen molar-refractivity contribution in [1.29, 1.82) is 0 Å². The van der Waals surface area contributed by atoms with Crippen LogP contribution in [0.25, 0.3) is 0 Å². The SMILES string of the molecule is Cc1cnc(CNC(=O)Cc2ccccc2Cl)o1. The highest BCUT2D eigenvalue weighted by atomic mass is 35.5. The van der Waals surface area contributed by atoms with Crippen LogP contribution in [0.5, 0.6) is 0 Å². The van der Waals surface area contributed by atoms with Crippen LogP contribution in [0.1, 0.15) is 17.2 Å². The molecular formula is C13H13ClN2O2. The van der Waals surface area contributed by atoms with E-state index in [0.29, 0.717) is 10.9 Å². The van der Waals surface area contributed by atoms with Crippen LogP contribution in [-0.4, -0.2) is 10.9 Å². The van der Waals surface area contributed by atoms with Crippen LogP contribution in [0, 0.1) is 6.92 Å². The Morgan fingerprint density at radius 1 is 1.44 bits per heavy atom. The maximum absolute atomic E-state index is 11.7. The normalized spacial score (nSPS) is 10.3. The molecule has 1 amide bonds. The van der Waals surface area contributed by atoms with Crippen LogP contribution in [0.4, 0.5) is 0 Å². The van der Waals surface area contributed by atoms with Crippen LogP contribution in [0.15, 0.2) is 34.9 Å². The number of nitrogens with one attached hydrogen (secondary N) is 1. The Balaban J connectivity index is 1.88. The fourth-order valence-corrected chi connectivity index (χ4v) is 1.74. The molecule has 0 spiro atoms. The van der Waals surface area contributed by atoms with E-state index in [4.69, 9.17) is 16.0 Å². The standard InChI is InChI=1S/C13H13ClN2O2/c1-9-7-16-13(18-9)8-15-12(17)6-10-4-2-3-5-11(10)14/h2-5,7H,6,8H2,1H3,(H,15,17). The van der Waals surface area contributed by atoms with Crippen molar-refractivity contribution in [1.82, 2.24) is 10.3 Å². The molecule has 2 rings (SSSR count). The van der Waals surface area contributed by atoms with Crippen molar-refractivity contribution in [2.45, 2.75) is 19.9 Å². The summed E-state index contributed by atoms with van der Waals surface area (Å²) in [7, 11) is 0. The van der Waals surface area contributed by atoms with Gasteiger partial charge in [0.05, 0.1) is 19.2 Å². The van der Waals surface area contributed by atoms with Gasteiger partial charge in [0.2, 0.25) is 11.8 Å². The minimum Gasteiger partial charge on any atom is -0.444 e. The second-order valence-corrected chi connectivity index (χ2v) is 4.32. The first-order chi connectivity index (χ1) is 8.65. The lowest BCUT2D eigenvalue weighted by Gasteiger charge is -2.04. The predicted octanol–water partition coefficient (Wildman–Crippen LogP) is 2.50. The van der Waals surface area contributed by atoms with Crippen molar-refractivity contribution >= 4 is 17.5 Å². The lowest BCUT2D eigenvalue weighted by molar-refractivity contribution is -0.120. The largest absolute Gasteiger partial charge is 0.444 e. The fraction of sp³-hybridized carbons (Fsp3) is 0.231. The molecule has 1 N–H and O–H groups in total. The van der Waals surface area contributed by atoms with E-state index in [1.54, 1.807) is 12.3 Å². The Bertz CT molecular complexity index is 551. The monoisotopic (exact) mass is 264 g/mol. The van der Waals surface area contributed by atoms with Gasteiger partial charge in [-0.3, -0.25) is 4.79 Å². The van der Waals surface area contributed by atoms with Gasteiger partial charge in [0.15, 0.2) is 0 Å². The molecule has 0 saturated heterocycles. The van der Waals surface area contributed by atoms with Gasteiger partial charge in [-0.25, -0.2) is 4.98 Å². The zero-order chi connectivity index (χ0) is 13.0. The minimum absolute atomic E-state index is 0.112. The zero-order valence-electron chi connectivity index (χ0n) is 9.94. The number of carbonyl (C=O) groups is 1. The van der Waals surface area contributed by atoms with Crippen LogP contribution in [0.2, 0.25) is 5.02 Å². The third-order valence-corrected chi connectivity index (χ3v) is 2.78. The van der Waals surface area contributed by atoms with Crippen molar-refractivity contribution in [2.24, 2.45) is 0 Å². The zero-order valence-corrected chi connectivity index (χ0v) is 10.7. The molecule has 94 valence electrons. The molecule has 18 heavy (non-hydrogen) atoms. The van der Waals surface area contributed by atoms with Crippen molar-refractivity contribution in [3.8, 4) is 0 Å². The highest BCUT2D eigenvalue weighted by Gasteiger charge is 2.07. The van der Waals surface area contributed by atoms with Crippen LogP contribution in [0.3, 0.4) is 0 Å². The van der Waals surface area contributed by atoms with Crippen LogP contribution in [-0.2, 0) is 17.8 Å². The third-order valence-electron chi connectivity index (χ3n) is 2.41. The molecule has 0 unspecified atom stereocenters. The van der Waals surface area contributed by atoms with E-state index >= 15 is 0 Å². The number of benzene rings is 1. The Kier molecular flexibility index (Phi) is 3.99. The van der Waals surface area contributed by atoms with Gasteiger partial charge < -0.3 is 9.73 Å². The van der Waals surface area contributed by atoms with Gasteiger partial charge in [0, 0.05) is 5.02 Å². The number of amides is 1. The van der Waals surface area contributed by atoms with Crippen molar-refractivity contribution in [3.05, 3.63) is 52.7 Å². The maximum Gasteiger partial charge on any atom is 0.224 e. The van der Waals surface area contributed by atoms with E-state index in [1.807, 2.05) is 25.1 Å². The summed E-state index contributed by atoms with van der Waals surface area (Å²) in [5, 5.41) is 3.33. The highest BCUT2D eigenvalue weighted by Crippen LogP contribution is 2.15. The second kappa shape index (κ2) is 5.69. The molecule has 0 fully saturated rings. The molecule has 0 aliphatic heterocycles. The molecule has 1 heterocycles. The Morgan fingerprint density at radius 2 is 2.22 bits per heavy atom. The van der Waals surface area contributed by atoms with Gasteiger partial charge in [0.1, 0.15) is 5.76 Å². The number of rotatable bonds is 4. The first kappa shape index (κ1) is 12.6. The summed E-state index contributed by atoms with van der Waals surface area (Å²) in [6.07, 6.45) is 1.87. The lowest BCUT2D eigenvalue weighted by Crippen LogP contribution is -2.24. The van der Waals surface area contributed by atoms with Gasteiger partial charge >= 0.3 is 0 Å². The summed E-state index contributed by atoms with van der Waals surface area (Å²) in [5.41, 5.74) is 0.806. The number of hydrogen-bond donors (Lipinski definition) is 1. The molecule has 1 aromatic heterocycles. The quantitative estimate of drug-likeness (QED) is 0.923. The molecular weight excluding hydrogens is 252 g/mol. The summed E-state index contributed by atoms with van der Waals surface area (Å²) in [6, 6.07) is 7.28. The van der Waals surface area contributed by atoms with Crippen LogP contribution < -0.4 is 5.32 Å². The lowest BCUT2D eigenvalue weighted by atomic mass is 10.1. The van der Waals surface area contributed by atoms with Crippen molar-refractivity contribution < 1.29 is 9.21 Å². The van der Waals surface area contributed by atoms with E-state index in [9.17, 15) is 4.79 Å². The molecule has 0 aliphatic carbocycles. The van der Waals surface area contributed by atoms with Gasteiger partial charge in [-0.1, -0.05) is 29.8 Å². The summed E-state index contributed by atoms with van der Waals surface area (Å²) in [5.74, 6) is 1.12. The van der Waals surface area contributed by atoms with Crippen molar-refractivity contribution in [2.75, 3.05) is 0 Å². The smallest absolute Gasteiger partial charge is 0.224 e. The van der Waals surface area contributed by atoms with E-state index in [0.717, 1.165) is 11.3 Å². The first-order valence-corrected chi connectivity index (χ1v) is 5.94. The molecule has 2 aromatic rings. The van der Waals surface area contributed by atoms with Gasteiger partial charge in [-0.15, -0.1) is 0 Å². The first-order valence-electron chi connectivity index (χ1n) is 5.56. The summed E-state index contributed by atoms with van der Waals surface area (Å²) in [4.78, 5) is 15.7. The molecule has 0 radical (unpaired) electrons. The fourth-order valence-electron chi connectivity index (χ4n) is 1.53. The number of halogens is 1. The molecule has 1 aromatic carbocycles. The topological polar surface area (TPSA) is 55.1 Å². The Morgan fingerprint density at radius 3 is 2.89 bits per heavy atom. The number of oxazole rings is 1. The Hall–Kier alpha value is -1.81. The molecule has 0 bridgehead atoms. The van der Waals surface area contributed by atoms with E-state index in [2.05, 4.69) is 10.3 Å². The van der Waals surface area contributed by atoms with Gasteiger partial charge in [-0.05, 0) is 18.6 Å². The van der Waals surface area contributed by atoms with E-state index in [1.165, 1.54) is 0 Å². The molecule has 0 saturated carbocycles. The Labute approximate surface area is 110 Å². The van der Waals surface area contributed by atoms with Crippen LogP contribution >= 0.6 is 11.6 Å². The molecule has 4 nitrogen and oxygen atoms in total. The van der Waals surface area contributed by atoms with Gasteiger partial charge in [-0.2, -0.15) is 0 Å². The predicted molar refractivity (Wildman–Crippen MR) is 68.2 cm³/mol. The average molecular weight is 265 g/mol. The van der Waals surface area contributed by atoms with E-state index < -0.39 is 0 Å². The number of carbonyl (C=O) groups excluding carboxylic acids is 1. The molecule has 0 aliphatic rings. The average Bonchev–Trinajstić information content (AvgIpc) is 2.76. The second-order valence-electron chi connectivity index (χ2n) is 3.91. The van der Waals surface area contributed by atoms with Crippen molar-refractivity contribution in [3.63, 3.8) is 0 Å². The number of nitrogens with zero attached hydrogens (tertiary/aromatic N) is 1. The molecule has 0 atom stereocenters. The number of aromatic nitrogens is 1.